The van der Waals surface area contributed by atoms with Gasteiger partial charge in [0, 0.05) is 6.54 Å². The van der Waals surface area contributed by atoms with E-state index < -0.39 is 21.7 Å². The monoisotopic (exact) mass is 329 g/mol. The van der Waals surface area contributed by atoms with Crippen LogP contribution in [0.15, 0.2) is 53.4 Å². The first-order valence-corrected chi connectivity index (χ1v) is 8.80. The van der Waals surface area contributed by atoms with E-state index in [1.165, 1.54) is 12.1 Å². The summed E-state index contributed by atoms with van der Waals surface area (Å²) in [6, 6.07) is 13.0. The second-order valence-electron chi connectivity index (χ2n) is 5.44. The Kier molecular flexibility index (Phi) is 3.77. The van der Waals surface area contributed by atoms with Gasteiger partial charge in [-0.05, 0) is 31.2 Å². The number of benzene rings is 2. The van der Waals surface area contributed by atoms with Crippen molar-refractivity contribution in [1.29, 1.82) is 0 Å². The van der Waals surface area contributed by atoms with Crippen molar-refractivity contribution in [3.63, 3.8) is 0 Å². The number of sulfone groups is 1. The average Bonchev–Trinajstić information content (AvgIpc) is 2.78. The lowest BCUT2D eigenvalue weighted by atomic mass is 10.1. The molecule has 1 aliphatic heterocycles. The van der Waals surface area contributed by atoms with Crippen LogP contribution in [-0.2, 0) is 9.84 Å². The normalized spacial score (nSPS) is 14.2. The quantitative estimate of drug-likeness (QED) is 0.805. The molecule has 0 unspecified atom stereocenters. The number of aryl methyl sites for hydroxylation is 1. The van der Waals surface area contributed by atoms with Crippen LogP contribution >= 0.6 is 0 Å². The molecule has 0 atom stereocenters. The van der Waals surface area contributed by atoms with Crippen molar-refractivity contribution in [2.75, 3.05) is 12.3 Å². The van der Waals surface area contributed by atoms with Crippen LogP contribution in [0.2, 0.25) is 0 Å². The molecule has 0 bridgehead atoms. The molecule has 3 rings (SSSR count). The molecule has 5 nitrogen and oxygen atoms in total. The number of hydrogen-bond donors (Lipinski definition) is 0. The van der Waals surface area contributed by atoms with Crippen molar-refractivity contribution in [3.8, 4) is 0 Å². The number of fused-ring (bicyclic) bond motifs is 1. The molecule has 1 heterocycles. The maximum absolute atomic E-state index is 12.3. The molecule has 0 saturated carbocycles. The Labute approximate surface area is 134 Å². The summed E-state index contributed by atoms with van der Waals surface area (Å²) in [6.07, 6.45) is 0. The number of rotatable bonds is 4. The molecule has 2 aromatic rings. The van der Waals surface area contributed by atoms with Gasteiger partial charge in [-0.3, -0.25) is 14.5 Å². The van der Waals surface area contributed by atoms with Crippen molar-refractivity contribution < 1.29 is 18.0 Å². The van der Waals surface area contributed by atoms with Crippen LogP contribution in [0.1, 0.15) is 26.3 Å². The molecule has 2 aromatic carbocycles. The third kappa shape index (κ3) is 2.77. The van der Waals surface area contributed by atoms with Gasteiger partial charge in [-0.2, -0.15) is 0 Å². The minimum Gasteiger partial charge on any atom is -0.273 e. The predicted octanol–water partition coefficient (Wildman–Crippen LogP) is 2.06. The summed E-state index contributed by atoms with van der Waals surface area (Å²) >= 11 is 0. The molecule has 0 N–H and O–H groups in total. The fraction of sp³-hybridized carbons (Fsp3) is 0.176. The van der Waals surface area contributed by atoms with Gasteiger partial charge >= 0.3 is 0 Å². The van der Waals surface area contributed by atoms with Gasteiger partial charge in [-0.15, -0.1) is 0 Å². The van der Waals surface area contributed by atoms with E-state index in [0.717, 1.165) is 10.5 Å². The molecular weight excluding hydrogens is 314 g/mol. The van der Waals surface area contributed by atoms with Gasteiger partial charge in [0.25, 0.3) is 11.8 Å². The molecule has 0 aromatic heterocycles. The molecule has 2 amide bonds. The molecule has 0 fully saturated rings. The van der Waals surface area contributed by atoms with E-state index >= 15 is 0 Å². The highest BCUT2D eigenvalue weighted by atomic mass is 32.2. The van der Waals surface area contributed by atoms with Crippen molar-refractivity contribution in [2.45, 2.75) is 11.8 Å². The van der Waals surface area contributed by atoms with Gasteiger partial charge in [0.05, 0.1) is 21.8 Å². The third-order valence-corrected chi connectivity index (χ3v) is 5.55. The van der Waals surface area contributed by atoms with E-state index in [1.807, 2.05) is 6.92 Å². The Morgan fingerprint density at radius 3 is 1.91 bits per heavy atom. The molecule has 0 radical (unpaired) electrons. The number of carbonyl (C=O) groups is 2. The first kappa shape index (κ1) is 15.4. The van der Waals surface area contributed by atoms with Crippen molar-refractivity contribution in [1.82, 2.24) is 4.90 Å². The fourth-order valence-electron chi connectivity index (χ4n) is 2.52. The van der Waals surface area contributed by atoms with Crippen LogP contribution in [0, 0.1) is 6.92 Å². The summed E-state index contributed by atoms with van der Waals surface area (Å²) in [7, 11) is -3.54. The van der Waals surface area contributed by atoms with Gasteiger partial charge in [-0.25, -0.2) is 8.42 Å². The minimum atomic E-state index is -3.54. The SMILES string of the molecule is Cc1ccc(S(=O)(=O)CCN2C(=O)c3ccccc3C2=O)cc1. The maximum atomic E-state index is 12.3. The molecule has 1 aliphatic rings. The number of imide groups is 1. The second-order valence-corrected chi connectivity index (χ2v) is 7.55. The zero-order valence-corrected chi connectivity index (χ0v) is 13.3. The molecule has 0 aliphatic carbocycles. The molecule has 118 valence electrons. The largest absolute Gasteiger partial charge is 0.273 e. The van der Waals surface area contributed by atoms with Gasteiger partial charge < -0.3 is 0 Å². The van der Waals surface area contributed by atoms with Crippen LogP contribution in [0.4, 0.5) is 0 Å². The lowest BCUT2D eigenvalue weighted by molar-refractivity contribution is 0.0664. The maximum Gasteiger partial charge on any atom is 0.261 e. The summed E-state index contributed by atoms with van der Waals surface area (Å²) in [5, 5.41) is 0. The Hall–Kier alpha value is -2.47. The number of hydrogen-bond acceptors (Lipinski definition) is 4. The summed E-state index contributed by atoms with van der Waals surface area (Å²) in [5.41, 5.74) is 1.61. The van der Waals surface area contributed by atoms with E-state index in [4.69, 9.17) is 0 Å². The molecule has 0 saturated heterocycles. The molecule has 23 heavy (non-hydrogen) atoms. The zero-order valence-electron chi connectivity index (χ0n) is 12.5. The van der Waals surface area contributed by atoms with Crippen LogP contribution in [-0.4, -0.2) is 37.4 Å². The highest BCUT2D eigenvalue weighted by Crippen LogP contribution is 2.22. The van der Waals surface area contributed by atoms with E-state index in [9.17, 15) is 18.0 Å². The lowest BCUT2D eigenvalue weighted by Gasteiger charge is -2.14. The standard InChI is InChI=1S/C17H15NO4S/c1-12-6-8-13(9-7-12)23(21,22)11-10-18-16(19)14-4-2-3-5-15(14)17(18)20/h2-9H,10-11H2,1H3. The first-order valence-electron chi connectivity index (χ1n) is 7.15. The summed E-state index contributed by atoms with van der Waals surface area (Å²) in [6.45, 7) is 1.72. The Morgan fingerprint density at radius 1 is 0.870 bits per heavy atom. The average molecular weight is 329 g/mol. The first-order chi connectivity index (χ1) is 10.9. The Morgan fingerprint density at radius 2 is 1.39 bits per heavy atom. The molecular formula is C17H15NO4S. The molecule has 6 heteroatoms. The highest BCUT2D eigenvalue weighted by molar-refractivity contribution is 7.91. The van der Waals surface area contributed by atoms with Gasteiger partial charge in [0.2, 0.25) is 0 Å². The number of carbonyl (C=O) groups excluding carboxylic acids is 2. The molecule has 0 spiro atoms. The lowest BCUT2D eigenvalue weighted by Crippen LogP contribution is -2.34. The minimum absolute atomic E-state index is 0.150. The zero-order chi connectivity index (χ0) is 16.6. The summed E-state index contributed by atoms with van der Waals surface area (Å²) in [5.74, 6) is -1.17. The van der Waals surface area contributed by atoms with E-state index in [-0.39, 0.29) is 17.2 Å². The number of amides is 2. The smallest absolute Gasteiger partial charge is 0.261 e. The predicted molar refractivity (Wildman–Crippen MR) is 85.0 cm³/mol. The Bertz CT molecular complexity index is 850. The van der Waals surface area contributed by atoms with E-state index in [2.05, 4.69) is 0 Å². The van der Waals surface area contributed by atoms with Crippen molar-refractivity contribution >= 4 is 21.7 Å². The van der Waals surface area contributed by atoms with E-state index in [1.54, 1.807) is 36.4 Å². The van der Waals surface area contributed by atoms with Crippen LogP contribution in [0.25, 0.3) is 0 Å². The van der Waals surface area contributed by atoms with Gasteiger partial charge in [0.1, 0.15) is 0 Å². The number of nitrogens with zero attached hydrogens (tertiary/aromatic N) is 1. The van der Waals surface area contributed by atoms with Crippen LogP contribution < -0.4 is 0 Å². The van der Waals surface area contributed by atoms with E-state index in [0.29, 0.717) is 11.1 Å². The van der Waals surface area contributed by atoms with Gasteiger partial charge in [0.15, 0.2) is 9.84 Å². The third-order valence-electron chi connectivity index (χ3n) is 3.84. The van der Waals surface area contributed by atoms with Gasteiger partial charge in [-0.1, -0.05) is 29.8 Å². The summed E-state index contributed by atoms with van der Waals surface area (Å²) < 4.78 is 24.7. The van der Waals surface area contributed by atoms with Crippen LogP contribution in [0.5, 0.6) is 0 Å². The second kappa shape index (κ2) is 5.62. The van der Waals surface area contributed by atoms with Crippen molar-refractivity contribution in [2.24, 2.45) is 0 Å². The fourth-order valence-corrected chi connectivity index (χ4v) is 3.73. The highest BCUT2D eigenvalue weighted by Gasteiger charge is 2.35. The summed E-state index contributed by atoms with van der Waals surface area (Å²) in [4.78, 5) is 25.6. The topological polar surface area (TPSA) is 71.5 Å². The van der Waals surface area contributed by atoms with Crippen molar-refractivity contribution in [3.05, 3.63) is 65.2 Å². The Balaban J connectivity index is 1.78. The van der Waals surface area contributed by atoms with Crippen LogP contribution in [0.3, 0.4) is 0 Å².